The van der Waals surface area contributed by atoms with E-state index in [9.17, 15) is 0 Å². The number of anilines is 1. The number of rotatable bonds is 3. The monoisotopic (exact) mass is 187 g/mol. The summed E-state index contributed by atoms with van der Waals surface area (Å²) in [7, 11) is 0. The van der Waals surface area contributed by atoms with E-state index in [0.717, 1.165) is 11.4 Å². The molecule has 0 fully saturated rings. The van der Waals surface area contributed by atoms with Gasteiger partial charge in [-0.3, -0.25) is 0 Å². The first-order chi connectivity index (χ1) is 6.86. The van der Waals surface area contributed by atoms with E-state index in [1.165, 1.54) is 0 Å². The predicted molar refractivity (Wildman–Crippen MR) is 57.2 cm³/mol. The van der Waals surface area contributed by atoms with Crippen LogP contribution >= 0.6 is 0 Å². The third-order valence-corrected chi connectivity index (χ3v) is 2.13. The van der Waals surface area contributed by atoms with Crippen LogP contribution in [0.4, 0.5) is 5.69 Å². The van der Waals surface area contributed by atoms with Crippen LogP contribution in [0.2, 0.25) is 0 Å². The Hall–Kier alpha value is -1.70. The minimum absolute atomic E-state index is 0.201. The summed E-state index contributed by atoms with van der Waals surface area (Å²) >= 11 is 0. The van der Waals surface area contributed by atoms with Crippen molar-refractivity contribution in [3.8, 4) is 0 Å². The van der Waals surface area contributed by atoms with Crippen molar-refractivity contribution in [2.45, 2.75) is 13.0 Å². The lowest BCUT2D eigenvalue weighted by Crippen LogP contribution is -2.04. The average Bonchev–Trinajstić information content (AvgIpc) is 2.72. The third-order valence-electron chi connectivity index (χ3n) is 2.13. The molecule has 0 aliphatic carbocycles. The number of nitrogens with one attached hydrogen (secondary N) is 1. The summed E-state index contributed by atoms with van der Waals surface area (Å²) in [5, 5.41) is 3.35. The van der Waals surface area contributed by atoms with Crippen molar-refractivity contribution < 1.29 is 4.42 Å². The largest absolute Gasteiger partial charge is 0.467 e. The number of para-hydroxylation sites is 1. The van der Waals surface area contributed by atoms with Gasteiger partial charge in [-0.25, -0.2) is 0 Å². The van der Waals surface area contributed by atoms with Crippen LogP contribution in [0.15, 0.2) is 53.1 Å². The van der Waals surface area contributed by atoms with Gasteiger partial charge >= 0.3 is 0 Å². The minimum Gasteiger partial charge on any atom is -0.467 e. The van der Waals surface area contributed by atoms with E-state index in [-0.39, 0.29) is 6.04 Å². The maximum absolute atomic E-state index is 5.30. The van der Waals surface area contributed by atoms with Crippen molar-refractivity contribution >= 4 is 5.69 Å². The summed E-state index contributed by atoms with van der Waals surface area (Å²) in [6.07, 6.45) is 1.69. The summed E-state index contributed by atoms with van der Waals surface area (Å²) in [5.74, 6) is 0.953. The predicted octanol–water partition coefficient (Wildman–Crippen LogP) is 3.45. The van der Waals surface area contributed by atoms with Gasteiger partial charge in [0.15, 0.2) is 0 Å². The van der Waals surface area contributed by atoms with Gasteiger partial charge in [0.1, 0.15) is 5.76 Å². The van der Waals surface area contributed by atoms with E-state index in [1.807, 2.05) is 42.5 Å². The lowest BCUT2D eigenvalue weighted by molar-refractivity contribution is 0.490. The number of hydrogen-bond donors (Lipinski definition) is 1. The van der Waals surface area contributed by atoms with Crippen molar-refractivity contribution in [1.82, 2.24) is 0 Å². The molecule has 1 heterocycles. The van der Waals surface area contributed by atoms with E-state index >= 15 is 0 Å². The molecule has 2 rings (SSSR count). The molecule has 0 amide bonds. The highest BCUT2D eigenvalue weighted by Gasteiger charge is 2.06. The van der Waals surface area contributed by atoms with Crippen LogP contribution in [0.25, 0.3) is 0 Å². The highest BCUT2D eigenvalue weighted by Crippen LogP contribution is 2.18. The first kappa shape index (κ1) is 8.88. The van der Waals surface area contributed by atoms with Gasteiger partial charge in [0.05, 0.1) is 12.3 Å². The molecule has 0 spiro atoms. The molecule has 0 saturated heterocycles. The third kappa shape index (κ3) is 1.96. The van der Waals surface area contributed by atoms with Crippen LogP contribution < -0.4 is 5.32 Å². The minimum atomic E-state index is 0.201. The molecule has 0 aliphatic heterocycles. The summed E-state index contributed by atoms with van der Waals surface area (Å²) in [4.78, 5) is 0. The Balaban J connectivity index is 2.06. The highest BCUT2D eigenvalue weighted by molar-refractivity contribution is 5.43. The molecule has 1 aromatic carbocycles. The van der Waals surface area contributed by atoms with E-state index < -0.39 is 0 Å². The molecular formula is C12H13NO. The van der Waals surface area contributed by atoms with Crippen LogP contribution in [-0.4, -0.2) is 0 Å². The Labute approximate surface area is 83.6 Å². The van der Waals surface area contributed by atoms with E-state index in [4.69, 9.17) is 4.42 Å². The molecule has 0 unspecified atom stereocenters. The van der Waals surface area contributed by atoms with E-state index in [1.54, 1.807) is 6.26 Å². The van der Waals surface area contributed by atoms with Gasteiger partial charge in [0.2, 0.25) is 0 Å². The molecule has 2 nitrogen and oxygen atoms in total. The first-order valence-corrected chi connectivity index (χ1v) is 4.71. The average molecular weight is 187 g/mol. The Morgan fingerprint density at radius 1 is 1.07 bits per heavy atom. The zero-order valence-electron chi connectivity index (χ0n) is 8.10. The molecule has 0 bridgehead atoms. The fourth-order valence-corrected chi connectivity index (χ4v) is 1.39. The topological polar surface area (TPSA) is 25.2 Å². The standard InChI is InChI=1S/C12H13NO/c1-10(12-8-5-9-14-12)13-11-6-3-2-4-7-11/h2-10,13H,1H3/t10-/m0/s1. The quantitative estimate of drug-likeness (QED) is 0.796. The van der Waals surface area contributed by atoms with Crippen molar-refractivity contribution in [3.05, 3.63) is 54.5 Å². The van der Waals surface area contributed by atoms with Gasteiger partial charge in [-0.15, -0.1) is 0 Å². The molecule has 1 N–H and O–H groups in total. The number of hydrogen-bond acceptors (Lipinski definition) is 2. The smallest absolute Gasteiger partial charge is 0.125 e. The van der Waals surface area contributed by atoms with Crippen molar-refractivity contribution in [2.75, 3.05) is 5.32 Å². The van der Waals surface area contributed by atoms with Gasteiger partial charge in [-0.05, 0) is 31.2 Å². The van der Waals surface area contributed by atoms with Gasteiger partial charge in [0.25, 0.3) is 0 Å². The second-order valence-corrected chi connectivity index (χ2v) is 3.25. The SMILES string of the molecule is C[C@H](Nc1ccccc1)c1ccco1. The van der Waals surface area contributed by atoms with Crippen LogP contribution in [0, 0.1) is 0 Å². The second-order valence-electron chi connectivity index (χ2n) is 3.25. The van der Waals surface area contributed by atoms with Crippen molar-refractivity contribution in [2.24, 2.45) is 0 Å². The fraction of sp³-hybridized carbons (Fsp3) is 0.167. The Bertz CT molecular complexity index is 366. The molecular weight excluding hydrogens is 174 g/mol. The van der Waals surface area contributed by atoms with Crippen LogP contribution in [0.5, 0.6) is 0 Å². The van der Waals surface area contributed by atoms with E-state index in [0.29, 0.717) is 0 Å². The van der Waals surface area contributed by atoms with Gasteiger partial charge in [-0.2, -0.15) is 0 Å². The summed E-state index contributed by atoms with van der Waals surface area (Å²) in [5.41, 5.74) is 1.11. The van der Waals surface area contributed by atoms with Crippen LogP contribution in [0.1, 0.15) is 18.7 Å². The Morgan fingerprint density at radius 3 is 2.50 bits per heavy atom. The fourth-order valence-electron chi connectivity index (χ4n) is 1.39. The maximum Gasteiger partial charge on any atom is 0.125 e. The molecule has 2 heteroatoms. The molecule has 14 heavy (non-hydrogen) atoms. The molecule has 2 aromatic rings. The van der Waals surface area contributed by atoms with Gasteiger partial charge in [-0.1, -0.05) is 18.2 Å². The maximum atomic E-state index is 5.30. The molecule has 0 aliphatic rings. The lowest BCUT2D eigenvalue weighted by atomic mass is 10.2. The van der Waals surface area contributed by atoms with Crippen LogP contribution in [0.3, 0.4) is 0 Å². The Kier molecular flexibility index (Phi) is 2.54. The number of benzene rings is 1. The molecule has 72 valence electrons. The highest BCUT2D eigenvalue weighted by atomic mass is 16.3. The van der Waals surface area contributed by atoms with Gasteiger partial charge < -0.3 is 9.73 Å². The molecule has 1 atom stereocenters. The lowest BCUT2D eigenvalue weighted by Gasteiger charge is -2.12. The van der Waals surface area contributed by atoms with Crippen molar-refractivity contribution in [3.63, 3.8) is 0 Å². The molecule has 0 radical (unpaired) electrons. The summed E-state index contributed by atoms with van der Waals surface area (Å²) in [6, 6.07) is 14.2. The van der Waals surface area contributed by atoms with E-state index in [2.05, 4.69) is 12.2 Å². The summed E-state index contributed by atoms with van der Waals surface area (Å²) in [6.45, 7) is 2.08. The second kappa shape index (κ2) is 4.01. The normalized spacial score (nSPS) is 12.4. The van der Waals surface area contributed by atoms with Gasteiger partial charge in [0, 0.05) is 5.69 Å². The van der Waals surface area contributed by atoms with Crippen molar-refractivity contribution in [1.29, 1.82) is 0 Å². The Morgan fingerprint density at radius 2 is 1.86 bits per heavy atom. The zero-order valence-corrected chi connectivity index (χ0v) is 8.10. The molecule has 0 saturated carbocycles. The van der Waals surface area contributed by atoms with Crippen LogP contribution in [-0.2, 0) is 0 Å². The first-order valence-electron chi connectivity index (χ1n) is 4.71. The summed E-state index contributed by atoms with van der Waals surface area (Å²) < 4.78 is 5.30. The zero-order chi connectivity index (χ0) is 9.80. The molecule has 1 aromatic heterocycles. The number of furan rings is 1.